The Balaban J connectivity index is 2.16. The van der Waals surface area contributed by atoms with E-state index in [1.54, 1.807) is 12.1 Å². The van der Waals surface area contributed by atoms with Gasteiger partial charge in [0.15, 0.2) is 0 Å². The lowest BCUT2D eigenvalue weighted by Gasteiger charge is -2.28. The summed E-state index contributed by atoms with van der Waals surface area (Å²) in [5.74, 6) is 0.367. The minimum atomic E-state index is -3.48. The summed E-state index contributed by atoms with van der Waals surface area (Å²) < 4.78 is 26.9. The van der Waals surface area contributed by atoms with Crippen molar-refractivity contribution in [2.24, 2.45) is 5.92 Å². The zero-order valence-electron chi connectivity index (χ0n) is 12.2. The quantitative estimate of drug-likeness (QED) is 0.896. The molecule has 5 nitrogen and oxygen atoms in total. The Bertz CT molecular complexity index is 599. The predicted molar refractivity (Wildman–Crippen MR) is 81.2 cm³/mol. The number of rotatable bonds is 5. The summed E-state index contributed by atoms with van der Waals surface area (Å²) in [6.07, 6.45) is 2.16. The molecule has 1 fully saturated rings. The van der Waals surface area contributed by atoms with Gasteiger partial charge >= 0.3 is 0 Å². The Labute approximate surface area is 126 Å². The summed E-state index contributed by atoms with van der Waals surface area (Å²) in [5.41, 5.74) is 0.466. The van der Waals surface area contributed by atoms with Crippen LogP contribution in [-0.2, 0) is 10.0 Å². The third-order valence-electron chi connectivity index (χ3n) is 3.83. The van der Waals surface area contributed by atoms with Crippen molar-refractivity contribution in [1.82, 2.24) is 9.62 Å². The van der Waals surface area contributed by atoms with Gasteiger partial charge < -0.3 is 5.32 Å². The van der Waals surface area contributed by atoms with Gasteiger partial charge in [0, 0.05) is 13.1 Å². The van der Waals surface area contributed by atoms with Crippen LogP contribution in [0.1, 0.15) is 25.3 Å². The Morgan fingerprint density at radius 1 is 1.38 bits per heavy atom. The van der Waals surface area contributed by atoms with E-state index in [4.69, 9.17) is 5.26 Å². The van der Waals surface area contributed by atoms with Crippen LogP contribution in [0.4, 0.5) is 0 Å². The van der Waals surface area contributed by atoms with E-state index in [2.05, 4.69) is 5.32 Å². The molecule has 1 heterocycles. The Hall–Kier alpha value is -1.42. The minimum absolute atomic E-state index is 0.257. The van der Waals surface area contributed by atoms with Crippen LogP contribution in [0.25, 0.3) is 0 Å². The van der Waals surface area contributed by atoms with Crippen molar-refractivity contribution in [2.45, 2.75) is 24.7 Å². The highest BCUT2D eigenvalue weighted by atomic mass is 32.2. The largest absolute Gasteiger partial charge is 0.316 e. The molecule has 1 aliphatic heterocycles. The number of benzene rings is 1. The van der Waals surface area contributed by atoms with E-state index in [1.165, 1.54) is 16.4 Å². The van der Waals surface area contributed by atoms with Crippen LogP contribution in [0.15, 0.2) is 29.2 Å². The van der Waals surface area contributed by atoms with E-state index in [0.717, 1.165) is 25.9 Å². The maximum atomic E-state index is 12.7. The summed E-state index contributed by atoms with van der Waals surface area (Å²) in [7, 11) is -3.48. The lowest BCUT2D eigenvalue weighted by atomic mass is 10.00. The van der Waals surface area contributed by atoms with Gasteiger partial charge in [-0.15, -0.1) is 0 Å². The van der Waals surface area contributed by atoms with E-state index in [-0.39, 0.29) is 4.90 Å². The fourth-order valence-corrected chi connectivity index (χ4v) is 4.14. The van der Waals surface area contributed by atoms with E-state index in [1.807, 2.05) is 13.0 Å². The molecule has 1 aromatic rings. The van der Waals surface area contributed by atoms with Gasteiger partial charge in [-0.3, -0.25) is 0 Å². The van der Waals surface area contributed by atoms with Gasteiger partial charge in [0.25, 0.3) is 0 Å². The standard InChI is InChI=1S/C15H21N3O2S/c1-2-18(12-14-4-3-9-17-11-14)21(19,20)15-7-5-13(10-16)6-8-15/h5-8,14,17H,2-4,9,11-12H2,1H3. The molecule has 6 heteroatoms. The minimum Gasteiger partial charge on any atom is -0.316 e. The zero-order chi connectivity index (χ0) is 15.3. The first-order valence-corrected chi connectivity index (χ1v) is 8.73. The number of nitrogens with zero attached hydrogens (tertiary/aromatic N) is 2. The molecule has 1 aromatic carbocycles. The van der Waals surface area contributed by atoms with E-state index < -0.39 is 10.0 Å². The van der Waals surface area contributed by atoms with Crippen LogP contribution >= 0.6 is 0 Å². The Morgan fingerprint density at radius 3 is 2.62 bits per heavy atom. The number of piperidine rings is 1. The second-order valence-corrected chi connectivity index (χ2v) is 7.24. The maximum absolute atomic E-state index is 12.7. The third-order valence-corrected chi connectivity index (χ3v) is 5.79. The number of hydrogen-bond acceptors (Lipinski definition) is 4. The van der Waals surface area contributed by atoms with E-state index in [9.17, 15) is 8.42 Å². The first-order valence-electron chi connectivity index (χ1n) is 7.29. The molecule has 1 saturated heterocycles. The highest BCUT2D eigenvalue weighted by molar-refractivity contribution is 7.89. The monoisotopic (exact) mass is 307 g/mol. The first kappa shape index (κ1) is 16.0. The van der Waals surface area contributed by atoms with Crippen molar-refractivity contribution in [3.63, 3.8) is 0 Å². The topological polar surface area (TPSA) is 73.2 Å². The third kappa shape index (κ3) is 3.82. The summed E-state index contributed by atoms with van der Waals surface area (Å²) in [6.45, 7) is 4.76. The molecule has 0 spiro atoms. The van der Waals surface area contributed by atoms with Gasteiger partial charge in [-0.05, 0) is 56.1 Å². The molecule has 0 amide bonds. The normalized spacial score (nSPS) is 19.4. The lowest BCUT2D eigenvalue weighted by Crippen LogP contribution is -2.40. The lowest BCUT2D eigenvalue weighted by molar-refractivity contribution is 0.298. The molecule has 0 radical (unpaired) electrons. The van der Waals surface area contributed by atoms with Crippen LogP contribution in [-0.4, -0.2) is 38.9 Å². The van der Waals surface area contributed by atoms with Crippen molar-refractivity contribution < 1.29 is 8.42 Å². The molecule has 1 unspecified atom stereocenters. The molecule has 0 saturated carbocycles. The Kier molecular flexibility index (Phi) is 5.34. The molecule has 2 rings (SSSR count). The zero-order valence-corrected chi connectivity index (χ0v) is 13.1. The summed E-state index contributed by atoms with van der Waals surface area (Å²) in [5, 5.41) is 12.1. The highest BCUT2D eigenvalue weighted by Crippen LogP contribution is 2.20. The van der Waals surface area contributed by atoms with Crippen LogP contribution in [0.5, 0.6) is 0 Å². The smallest absolute Gasteiger partial charge is 0.243 e. The second-order valence-electron chi connectivity index (χ2n) is 5.30. The molecule has 1 atom stereocenters. The van der Waals surface area contributed by atoms with Gasteiger partial charge in [-0.1, -0.05) is 6.92 Å². The molecule has 0 aliphatic carbocycles. The van der Waals surface area contributed by atoms with Crippen LogP contribution < -0.4 is 5.32 Å². The van der Waals surface area contributed by atoms with Crippen molar-refractivity contribution in [2.75, 3.05) is 26.2 Å². The predicted octanol–water partition coefficient (Wildman–Crippen LogP) is 1.57. The maximum Gasteiger partial charge on any atom is 0.243 e. The van der Waals surface area contributed by atoms with Crippen molar-refractivity contribution in [3.8, 4) is 6.07 Å². The Morgan fingerprint density at radius 2 is 2.10 bits per heavy atom. The van der Waals surface area contributed by atoms with Gasteiger partial charge in [0.2, 0.25) is 10.0 Å². The molecule has 1 aliphatic rings. The van der Waals surface area contributed by atoms with Crippen LogP contribution in [0, 0.1) is 17.2 Å². The molecule has 21 heavy (non-hydrogen) atoms. The summed E-state index contributed by atoms with van der Waals surface area (Å²) >= 11 is 0. The molecule has 114 valence electrons. The molecule has 0 aromatic heterocycles. The van der Waals surface area contributed by atoms with Gasteiger partial charge in [0.05, 0.1) is 16.5 Å². The summed E-state index contributed by atoms with van der Waals surface area (Å²) in [6, 6.07) is 8.11. The fraction of sp³-hybridized carbons (Fsp3) is 0.533. The van der Waals surface area contributed by atoms with Crippen molar-refractivity contribution in [1.29, 1.82) is 5.26 Å². The average Bonchev–Trinajstić information content (AvgIpc) is 2.53. The number of nitriles is 1. The number of hydrogen-bond donors (Lipinski definition) is 1. The average molecular weight is 307 g/mol. The highest BCUT2D eigenvalue weighted by Gasteiger charge is 2.26. The molecular weight excluding hydrogens is 286 g/mol. The molecule has 1 N–H and O–H groups in total. The van der Waals surface area contributed by atoms with E-state index >= 15 is 0 Å². The number of sulfonamides is 1. The van der Waals surface area contributed by atoms with E-state index in [0.29, 0.717) is 24.6 Å². The van der Waals surface area contributed by atoms with Crippen LogP contribution in [0.3, 0.4) is 0 Å². The first-order chi connectivity index (χ1) is 10.1. The van der Waals surface area contributed by atoms with Crippen molar-refractivity contribution >= 4 is 10.0 Å². The molecular formula is C15H21N3O2S. The number of nitrogens with one attached hydrogen (secondary N) is 1. The molecule has 0 bridgehead atoms. The fourth-order valence-electron chi connectivity index (χ4n) is 2.62. The van der Waals surface area contributed by atoms with Crippen LogP contribution in [0.2, 0.25) is 0 Å². The SMILES string of the molecule is CCN(CC1CCCNC1)S(=O)(=O)c1ccc(C#N)cc1. The van der Waals surface area contributed by atoms with Gasteiger partial charge in [-0.2, -0.15) is 9.57 Å². The van der Waals surface area contributed by atoms with Gasteiger partial charge in [0.1, 0.15) is 0 Å². The van der Waals surface area contributed by atoms with Gasteiger partial charge in [-0.25, -0.2) is 8.42 Å². The summed E-state index contributed by atoms with van der Waals surface area (Å²) in [4.78, 5) is 0.257. The second kappa shape index (κ2) is 7.03. The van der Waals surface area contributed by atoms with Crippen molar-refractivity contribution in [3.05, 3.63) is 29.8 Å².